The van der Waals surface area contributed by atoms with Gasteiger partial charge in [-0.05, 0) is 42.8 Å². The van der Waals surface area contributed by atoms with Gasteiger partial charge >= 0.3 is 6.09 Å². The van der Waals surface area contributed by atoms with Crippen LogP contribution in [-0.4, -0.2) is 37.8 Å². The van der Waals surface area contributed by atoms with Gasteiger partial charge in [0.15, 0.2) is 0 Å². The Morgan fingerprint density at radius 2 is 1.96 bits per heavy atom. The van der Waals surface area contributed by atoms with Crippen molar-refractivity contribution in [2.24, 2.45) is 7.05 Å². The number of hydrogen-bond acceptors (Lipinski definition) is 5. The summed E-state index contributed by atoms with van der Waals surface area (Å²) in [6.07, 6.45) is 0.670. The Hall–Kier alpha value is -2.36. The van der Waals surface area contributed by atoms with E-state index in [1.54, 1.807) is 10.6 Å². The lowest BCUT2D eigenvalue weighted by molar-refractivity contribution is 0.161. The van der Waals surface area contributed by atoms with Gasteiger partial charge in [-0.25, -0.2) is 17.9 Å². The van der Waals surface area contributed by atoms with E-state index in [-0.39, 0.29) is 17.9 Å². The predicted molar refractivity (Wildman–Crippen MR) is 92.6 cm³/mol. The number of ether oxygens (including phenoxy) is 1. The number of nitrogens with one attached hydrogen (secondary N) is 2. The second-order valence-electron chi connectivity index (χ2n) is 5.39. The maximum atomic E-state index is 12.2. The van der Waals surface area contributed by atoms with E-state index in [1.165, 1.54) is 31.4 Å². The van der Waals surface area contributed by atoms with E-state index in [4.69, 9.17) is 0 Å². The maximum absolute atomic E-state index is 12.2. The van der Waals surface area contributed by atoms with Gasteiger partial charge < -0.3 is 14.4 Å². The molecule has 136 valence electrons. The second-order valence-corrected chi connectivity index (χ2v) is 7.15. The van der Waals surface area contributed by atoms with E-state index in [1.807, 2.05) is 19.3 Å². The predicted octanol–water partition coefficient (Wildman–Crippen LogP) is 1.61. The molecule has 1 unspecified atom stereocenters. The zero-order chi connectivity index (χ0) is 18.4. The van der Waals surface area contributed by atoms with Crippen LogP contribution in [0.5, 0.6) is 0 Å². The van der Waals surface area contributed by atoms with Crippen molar-refractivity contribution >= 4 is 21.8 Å². The number of methoxy groups -OCH3 is 1. The van der Waals surface area contributed by atoms with Crippen LogP contribution in [0, 0.1) is 0 Å². The molecule has 2 aromatic rings. The normalized spacial score (nSPS) is 12.6. The van der Waals surface area contributed by atoms with Crippen LogP contribution < -0.4 is 10.0 Å². The molecule has 9 heteroatoms. The van der Waals surface area contributed by atoms with Gasteiger partial charge in [0, 0.05) is 31.2 Å². The highest BCUT2D eigenvalue weighted by atomic mass is 32.2. The fourth-order valence-electron chi connectivity index (χ4n) is 2.27. The molecule has 1 aromatic heterocycles. The third-order valence-electron chi connectivity index (χ3n) is 3.63. The number of benzene rings is 1. The van der Waals surface area contributed by atoms with Crippen LogP contribution in [0.1, 0.15) is 18.2 Å². The summed E-state index contributed by atoms with van der Waals surface area (Å²) < 4.78 is 33.2. The molecule has 0 aliphatic rings. The van der Waals surface area contributed by atoms with Gasteiger partial charge in [-0.15, -0.1) is 0 Å². The van der Waals surface area contributed by atoms with Crippen molar-refractivity contribution in [2.45, 2.75) is 17.4 Å². The molecule has 0 aliphatic heterocycles. The monoisotopic (exact) mass is 367 g/mol. The molecule has 1 heterocycles. The first-order valence-corrected chi connectivity index (χ1v) is 9.06. The average molecular weight is 367 g/mol. The molecule has 0 aliphatic carbocycles. The number of aliphatic hydroxyl groups excluding tert-OH is 1. The molecule has 0 saturated heterocycles. The molecule has 25 heavy (non-hydrogen) atoms. The number of aryl methyl sites for hydroxylation is 1. The number of carbonyl (C=O) groups excluding carboxylic acids is 1. The van der Waals surface area contributed by atoms with Crippen LogP contribution in [0.2, 0.25) is 0 Å². The van der Waals surface area contributed by atoms with Crippen molar-refractivity contribution in [3.63, 3.8) is 0 Å². The Labute approximate surface area is 146 Å². The van der Waals surface area contributed by atoms with E-state index < -0.39 is 22.2 Å². The lowest BCUT2D eigenvalue weighted by atomic mass is 10.2. The van der Waals surface area contributed by atoms with Crippen molar-refractivity contribution in [1.82, 2.24) is 9.29 Å². The highest BCUT2D eigenvalue weighted by Crippen LogP contribution is 2.17. The van der Waals surface area contributed by atoms with Crippen molar-refractivity contribution in [2.75, 3.05) is 19.0 Å². The summed E-state index contributed by atoms with van der Waals surface area (Å²) in [6.45, 7) is 0.0941. The molecule has 0 fully saturated rings. The number of aliphatic hydroxyl groups is 1. The smallest absolute Gasteiger partial charge is 0.411 e. The summed E-state index contributed by atoms with van der Waals surface area (Å²) >= 11 is 0. The van der Waals surface area contributed by atoms with Crippen molar-refractivity contribution in [3.05, 3.63) is 48.3 Å². The molecule has 3 N–H and O–H groups in total. The van der Waals surface area contributed by atoms with E-state index >= 15 is 0 Å². The Morgan fingerprint density at radius 1 is 1.28 bits per heavy atom. The number of sulfonamides is 1. The van der Waals surface area contributed by atoms with E-state index in [2.05, 4.69) is 14.8 Å². The summed E-state index contributed by atoms with van der Waals surface area (Å²) in [5, 5.41) is 12.5. The molecule has 0 bridgehead atoms. The number of rotatable bonds is 7. The Balaban J connectivity index is 1.92. The molecule has 2 rings (SSSR count). The highest BCUT2D eigenvalue weighted by molar-refractivity contribution is 7.89. The topological polar surface area (TPSA) is 110 Å². The first-order chi connectivity index (χ1) is 11.8. The minimum atomic E-state index is -3.70. The fourth-order valence-corrected chi connectivity index (χ4v) is 3.32. The van der Waals surface area contributed by atoms with Crippen LogP contribution in [-0.2, 0) is 21.8 Å². The van der Waals surface area contributed by atoms with Crippen LogP contribution >= 0.6 is 0 Å². The van der Waals surface area contributed by atoms with E-state index in [0.717, 1.165) is 5.69 Å². The summed E-state index contributed by atoms with van der Waals surface area (Å²) in [5.41, 5.74) is 1.14. The van der Waals surface area contributed by atoms with Gasteiger partial charge in [0.05, 0.1) is 18.1 Å². The number of hydrogen-bond donors (Lipinski definition) is 3. The first kappa shape index (κ1) is 19.0. The number of nitrogens with zero attached hydrogens (tertiary/aromatic N) is 1. The van der Waals surface area contributed by atoms with Crippen molar-refractivity contribution < 1.29 is 23.1 Å². The van der Waals surface area contributed by atoms with Crippen molar-refractivity contribution in [3.8, 4) is 0 Å². The summed E-state index contributed by atoms with van der Waals surface area (Å²) in [4.78, 5) is 11.2. The van der Waals surface area contributed by atoms with E-state index in [9.17, 15) is 18.3 Å². The number of aromatic nitrogens is 1. The van der Waals surface area contributed by atoms with Crippen molar-refractivity contribution in [1.29, 1.82) is 0 Å². The van der Waals surface area contributed by atoms with Crippen LogP contribution in [0.15, 0.2) is 47.5 Å². The molecule has 0 saturated carbocycles. The highest BCUT2D eigenvalue weighted by Gasteiger charge is 2.16. The third-order valence-corrected chi connectivity index (χ3v) is 5.11. The fraction of sp³-hybridized carbons (Fsp3) is 0.312. The lowest BCUT2D eigenvalue weighted by Crippen LogP contribution is -2.26. The summed E-state index contributed by atoms with van der Waals surface area (Å²) in [7, 11) is -0.647. The molecular formula is C16H21N3O5S. The minimum absolute atomic E-state index is 0.0660. The van der Waals surface area contributed by atoms with Crippen LogP contribution in [0.25, 0.3) is 0 Å². The standard InChI is InChI=1S/C16H21N3O5S/c1-19-11-3-4-14(19)15(20)9-10-17-25(22,23)13-7-5-12(6-8-13)18-16(21)24-2/h3-8,11,15,17,20H,9-10H2,1-2H3,(H,18,21). The summed E-state index contributed by atoms with van der Waals surface area (Å²) in [6, 6.07) is 9.27. The largest absolute Gasteiger partial charge is 0.453 e. The van der Waals surface area contributed by atoms with Crippen LogP contribution in [0.3, 0.4) is 0 Å². The summed E-state index contributed by atoms with van der Waals surface area (Å²) in [5.74, 6) is 0. The average Bonchev–Trinajstić information content (AvgIpc) is 3.01. The first-order valence-electron chi connectivity index (χ1n) is 7.57. The molecule has 1 aromatic carbocycles. The van der Waals surface area contributed by atoms with Gasteiger partial charge in [0.25, 0.3) is 0 Å². The molecular weight excluding hydrogens is 346 g/mol. The molecule has 1 atom stereocenters. The maximum Gasteiger partial charge on any atom is 0.411 e. The second kappa shape index (κ2) is 8.15. The molecule has 0 spiro atoms. The third kappa shape index (κ3) is 5.05. The van der Waals surface area contributed by atoms with Gasteiger partial charge in [-0.3, -0.25) is 5.32 Å². The van der Waals surface area contributed by atoms with Gasteiger partial charge in [0.1, 0.15) is 0 Å². The zero-order valence-electron chi connectivity index (χ0n) is 14.0. The quantitative estimate of drug-likeness (QED) is 0.689. The SMILES string of the molecule is COC(=O)Nc1ccc(S(=O)(=O)NCCC(O)c2cccn2C)cc1. The lowest BCUT2D eigenvalue weighted by Gasteiger charge is -2.13. The van der Waals surface area contributed by atoms with E-state index in [0.29, 0.717) is 5.69 Å². The Kier molecular flexibility index (Phi) is 6.18. The molecule has 8 nitrogen and oxygen atoms in total. The minimum Gasteiger partial charge on any atom is -0.453 e. The number of anilines is 1. The number of carbonyl (C=O) groups is 1. The van der Waals surface area contributed by atoms with Crippen LogP contribution in [0.4, 0.5) is 10.5 Å². The van der Waals surface area contributed by atoms with Gasteiger partial charge in [-0.2, -0.15) is 0 Å². The number of amides is 1. The molecule has 1 amide bonds. The molecule has 0 radical (unpaired) electrons. The zero-order valence-corrected chi connectivity index (χ0v) is 14.8. The van der Waals surface area contributed by atoms with Gasteiger partial charge in [-0.1, -0.05) is 0 Å². The van der Waals surface area contributed by atoms with Gasteiger partial charge in [0.2, 0.25) is 10.0 Å². The Bertz CT molecular complexity index is 815. The Morgan fingerprint density at radius 3 is 2.52 bits per heavy atom.